The Balaban J connectivity index is 3.35. The van der Waals surface area contributed by atoms with Gasteiger partial charge in [0, 0.05) is 6.61 Å². The van der Waals surface area contributed by atoms with E-state index in [1.807, 2.05) is 19.1 Å². The van der Waals surface area contributed by atoms with E-state index in [0.717, 1.165) is 0 Å². The first kappa shape index (κ1) is 7.44. The first-order valence-electron chi connectivity index (χ1n) is 2.71. The number of aliphatic hydroxyl groups is 1. The lowest BCUT2D eigenvalue weighted by Gasteiger charge is -1.95. The van der Waals surface area contributed by atoms with Crippen LogP contribution < -0.4 is 0 Å². The quantitative estimate of drug-likeness (QED) is 0.546. The van der Waals surface area contributed by atoms with Crippen LogP contribution in [0.2, 0.25) is 0 Å². The van der Waals surface area contributed by atoms with Crippen LogP contribution in [0.5, 0.6) is 0 Å². The van der Waals surface area contributed by atoms with Crippen LogP contribution in [0, 0.1) is 5.92 Å². The minimum absolute atomic E-state index is 0.213. The third-order valence-electron chi connectivity index (χ3n) is 0.864. The topological polar surface area (TPSA) is 20.2 Å². The summed E-state index contributed by atoms with van der Waals surface area (Å²) in [5.74, 6) is 0.257. The zero-order valence-electron chi connectivity index (χ0n) is 5.17. The van der Waals surface area contributed by atoms with Crippen LogP contribution in [-0.2, 0) is 0 Å². The third-order valence-corrected chi connectivity index (χ3v) is 0.864. The van der Waals surface area contributed by atoms with Crippen molar-refractivity contribution in [1.82, 2.24) is 0 Å². The molecule has 0 aliphatic carbocycles. The van der Waals surface area contributed by atoms with Crippen LogP contribution in [0.3, 0.4) is 0 Å². The molecule has 0 saturated carbocycles. The van der Waals surface area contributed by atoms with E-state index in [0.29, 0.717) is 0 Å². The summed E-state index contributed by atoms with van der Waals surface area (Å²) in [4.78, 5) is 0. The van der Waals surface area contributed by atoms with Crippen LogP contribution in [0.1, 0.15) is 6.92 Å². The molecule has 1 atom stereocenters. The highest BCUT2D eigenvalue weighted by Crippen LogP contribution is 1.93. The van der Waals surface area contributed by atoms with E-state index in [9.17, 15) is 0 Å². The standard InChI is InChI=1S/C7H12O/c1-3-4-5-7(2)6-8/h3-5,7-8H,1,6H2,2H3/b5-4-. The molecule has 0 aromatic heterocycles. The summed E-state index contributed by atoms with van der Waals surface area (Å²) in [7, 11) is 0. The second-order valence-electron chi connectivity index (χ2n) is 1.78. The highest BCUT2D eigenvalue weighted by atomic mass is 16.3. The van der Waals surface area contributed by atoms with Gasteiger partial charge in [-0.15, -0.1) is 0 Å². The SMILES string of the molecule is C=C/C=C\C(C)CO. The van der Waals surface area contributed by atoms with Gasteiger partial charge in [0.2, 0.25) is 0 Å². The molecule has 1 heteroatoms. The molecule has 0 aromatic carbocycles. The maximum atomic E-state index is 8.48. The van der Waals surface area contributed by atoms with Crippen molar-refractivity contribution in [2.75, 3.05) is 6.61 Å². The first-order valence-corrected chi connectivity index (χ1v) is 2.71. The van der Waals surface area contributed by atoms with E-state index in [1.165, 1.54) is 0 Å². The summed E-state index contributed by atoms with van der Waals surface area (Å²) in [6.45, 7) is 5.66. The Morgan fingerprint density at radius 1 is 1.75 bits per heavy atom. The van der Waals surface area contributed by atoms with Crippen molar-refractivity contribution in [2.45, 2.75) is 6.92 Å². The molecule has 46 valence electrons. The largest absolute Gasteiger partial charge is 0.396 e. The Kier molecular flexibility index (Phi) is 4.27. The van der Waals surface area contributed by atoms with E-state index in [1.54, 1.807) is 6.08 Å². The lowest BCUT2D eigenvalue weighted by Crippen LogP contribution is -1.93. The van der Waals surface area contributed by atoms with Crippen LogP contribution in [-0.4, -0.2) is 11.7 Å². The van der Waals surface area contributed by atoms with Gasteiger partial charge >= 0.3 is 0 Å². The molecule has 0 amide bonds. The molecule has 1 N–H and O–H groups in total. The van der Waals surface area contributed by atoms with Gasteiger partial charge in [-0.1, -0.05) is 31.7 Å². The number of aliphatic hydroxyl groups excluding tert-OH is 1. The van der Waals surface area contributed by atoms with Gasteiger partial charge < -0.3 is 5.11 Å². The molecular weight excluding hydrogens is 100 g/mol. The van der Waals surface area contributed by atoms with Crippen LogP contribution in [0.25, 0.3) is 0 Å². The summed E-state index contributed by atoms with van der Waals surface area (Å²) in [5, 5.41) is 8.48. The monoisotopic (exact) mass is 112 g/mol. The average Bonchev–Trinajstić information content (AvgIpc) is 1.83. The maximum absolute atomic E-state index is 8.48. The van der Waals surface area contributed by atoms with Crippen molar-refractivity contribution in [2.24, 2.45) is 5.92 Å². The van der Waals surface area contributed by atoms with Crippen LogP contribution in [0.15, 0.2) is 24.8 Å². The van der Waals surface area contributed by atoms with Gasteiger partial charge in [-0.3, -0.25) is 0 Å². The summed E-state index contributed by atoms with van der Waals surface area (Å²) in [6, 6.07) is 0. The molecule has 0 fully saturated rings. The Hall–Kier alpha value is -0.560. The van der Waals surface area contributed by atoms with Crippen LogP contribution in [0.4, 0.5) is 0 Å². The molecule has 1 unspecified atom stereocenters. The molecule has 0 rings (SSSR count). The van der Waals surface area contributed by atoms with Crippen molar-refractivity contribution in [3.05, 3.63) is 24.8 Å². The van der Waals surface area contributed by atoms with Gasteiger partial charge in [-0.25, -0.2) is 0 Å². The number of hydrogen-bond donors (Lipinski definition) is 1. The van der Waals surface area contributed by atoms with E-state index in [2.05, 4.69) is 6.58 Å². The minimum atomic E-state index is 0.213. The van der Waals surface area contributed by atoms with Gasteiger partial charge in [-0.2, -0.15) is 0 Å². The fourth-order valence-electron chi connectivity index (χ4n) is 0.329. The van der Waals surface area contributed by atoms with E-state index < -0.39 is 0 Å². The van der Waals surface area contributed by atoms with E-state index in [4.69, 9.17) is 5.11 Å². The summed E-state index contributed by atoms with van der Waals surface area (Å²) < 4.78 is 0. The molecule has 0 spiro atoms. The predicted molar refractivity (Wildman–Crippen MR) is 35.6 cm³/mol. The highest BCUT2D eigenvalue weighted by Gasteiger charge is 1.88. The van der Waals surface area contributed by atoms with Gasteiger partial charge in [0.15, 0.2) is 0 Å². The van der Waals surface area contributed by atoms with Gasteiger partial charge in [-0.05, 0) is 5.92 Å². The van der Waals surface area contributed by atoms with Crippen LogP contribution >= 0.6 is 0 Å². The number of rotatable bonds is 3. The Morgan fingerprint density at radius 3 is 2.75 bits per heavy atom. The minimum Gasteiger partial charge on any atom is -0.396 e. The molecular formula is C7H12O. The maximum Gasteiger partial charge on any atom is 0.0491 e. The van der Waals surface area contributed by atoms with Crippen molar-refractivity contribution in [1.29, 1.82) is 0 Å². The second-order valence-corrected chi connectivity index (χ2v) is 1.78. The van der Waals surface area contributed by atoms with Gasteiger partial charge in [0.25, 0.3) is 0 Å². The predicted octanol–water partition coefficient (Wildman–Crippen LogP) is 1.36. The molecule has 0 saturated heterocycles. The molecule has 0 radical (unpaired) electrons. The third kappa shape index (κ3) is 3.62. The first-order chi connectivity index (χ1) is 3.81. The zero-order valence-corrected chi connectivity index (χ0v) is 5.17. The number of allylic oxidation sites excluding steroid dienone is 2. The van der Waals surface area contributed by atoms with Crippen molar-refractivity contribution >= 4 is 0 Å². The fourth-order valence-corrected chi connectivity index (χ4v) is 0.329. The molecule has 0 bridgehead atoms. The Labute approximate surface area is 50.3 Å². The molecule has 8 heavy (non-hydrogen) atoms. The normalized spacial score (nSPS) is 14.2. The van der Waals surface area contributed by atoms with Crippen molar-refractivity contribution < 1.29 is 5.11 Å². The van der Waals surface area contributed by atoms with E-state index in [-0.39, 0.29) is 12.5 Å². The van der Waals surface area contributed by atoms with Gasteiger partial charge in [0.05, 0.1) is 0 Å². The smallest absolute Gasteiger partial charge is 0.0491 e. The summed E-state index contributed by atoms with van der Waals surface area (Å²) in [6.07, 6.45) is 5.44. The van der Waals surface area contributed by atoms with Gasteiger partial charge in [0.1, 0.15) is 0 Å². The summed E-state index contributed by atoms with van der Waals surface area (Å²) in [5.41, 5.74) is 0. The molecule has 0 heterocycles. The van der Waals surface area contributed by atoms with E-state index >= 15 is 0 Å². The lowest BCUT2D eigenvalue weighted by atomic mass is 10.2. The molecule has 1 nitrogen and oxygen atoms in total. The molecule has 0 aliphatic rings. The average molecular weight is 112 g/mol. The molecule has 0 aliphatic heterocycles. The highest BCUT2D eigenvalue weighted by molar-refractivity contribution is 4.98. The van der Waals surface area contributed by atoms with Crippen molar-refractivity contribution in [3.8, 4) is 0 Å². The van der Waals surface area contributed by atoms with Crippen molar-refractivity contribution in [3.63, 3.8) is 0 Å². The second kappa shape index (κ2) is 4.60. The number of hydrogen-bond acceptors (Lipinski definition) is 1. The zero-order chi connectivity index (χ0) is 6.41. The lowest BCUT2D eigenvalue weighted by molar-refractivity contribution is 0.262. The fraction of sp³-hybridized carbons (Fsp3) is 0.429. The Morgan fingerprint density at radius 2 is 2.38 bits per heavy atom. The Bertz CT molecular complexity index is 84.4. The summed E-state index contributed by atoms with van der Waals surface area (Å²) >= 11 is 0. The molecule has 0 aromatic rings.